The molecular formula is C15H13F2NO. The molecule has 2 rings (SSSR count). The third kappa shape index (κ3) is 2.62. The molecule has 0 amide bonds. The van der Waals surface area contributed by atoms with Crippen molar-refractivity contribution in [3.8, 4) is 0 Å². The molecule has 2 aromatic carbocycles. The highest BCUT2D eigenvalue weighted by atomic mass is 19.2. The second kappa shape index (κ2) is 5.18. The van der Waals surface area contributed by atoms with Gasteiger partial charge in [0, 0.05) is 31.3 Å². The summed E-state index contributed by atoms with van der Waals surface area (Å²) < 4.78 is 26.6. The fraction of sp³-hybridized carbons (Fsp3) is 0.133. The molecule has 0 aliphatic rings. The number of rotatable bonds is 3. The normalized spacial score (nSPS) is 10.3. The summed E-state index contributed by atoms with van der Waals surface area (Å²) in [6.45, 7) is 0. The van der Waals surface area contributed by atoms with Crippen LogP contribution >= 0.6 is 0 Å². The highest BCUT2D eigenvalue weighted by Crippen LogP contribution is 2.25. The molecule has 0 N–H and O–H groups in total. The second-order valence-corrected chi connectivity index (χ2v) is 4.37. The highest BCUT2D eigenvalue weighted by molar-refractivity contribution is 6.12. The van der Waals surface area contributed by atoms with Gasteiger partial charge in [-0.05, 0) is 6.07 Å². The minimum absolute atomic E-state index is 0.148. The standard InChI is InChI=1S/C15H13F2NO/c1-18(2)14-9-13(17)12(16)8-11(14)15(19)10-6-4-3-5-7-10/h3-9H,1-2H3. The Morgan fingerprint density at radius 3 is 2.16 bits per heavy atom. The van der Waals surface area contributed by atoms with E-state index in [4.69, 9.17) is 0 Å². The van der Waals surface area contributed by atoms with Crippen LogP contribution in [0.3, 0.4) is 0 Å². The van der Waals surface area contributed by atoms with Gasteiger partial charge in [0.2, 0.25) is 0 Å². The summed E-state index contributed by atoms with van der Waals surface area (Å²) in [6.07, 6.45) is 0. The van der Waals surface area contributed by atoms with Gasteiger partial charge in [-0.3, -0.25) is 4.79 Å². The number of ketones is 1. The molecule has 0 unspecified atom stereocenters. The average Bonchev–Trinajstić information content (AvgIpc) is 2.41. The largest absolute Gasteiger partial charge is 0.377 e. The number of hydrogen-bond donors (Lipinski definition) is 0. The monoisotopic (exact) mass is 261 g/mol. The van der Waals surface area contributed by atoms with Crippen LogP contribution in [0.15, 0.2) is 42.5 Å². The van der Waals surface area contributed by atoms with E-state index in [1.54, 1.807) is 49.3 Å². The molecule has 0 atom stereocenters. The maximum atomic E-state index is 13.4. The van der Waals surface area contributed by atoms with E-state index in [0.717, 1.165) is 12.1 Å². The highest BCUT2D eigenvalue weighted by Gasteiger charge is 2.18. The lowest BCUT2D eigenvalue weighted by atomic mass is 10.0. The maximum Gasteiger partial charge on any atom is 0.195 e. The Morgan fingerprint density at radius 1 is 1.00 bits per heavy atom. The molecule has 0 bridgehead atoms. The zero-order valence-corrected chi connectivity index (χ0v) is 10.7. The topological polar surface area (TPSA) is 20.3 Å². The van der Waals surface area contributed by atoms with Crippen molar-refractivity contribution in [2.45, 2.75) is 0 Å². The molecule has 2 nitrogen and oxygen atoms in total. The van der Waals surface area contributed by atoms with Gasteiger partial charge in [0.05, 0.1) is 5.69 Å². The Bertz CT molecular complexity index is 609. The van der Waals surface area contributed by atoms with E-state index < -0.39 is 11.6 Å². The fourth-order valence-electron chi connectivity index (χ4n) is 1.83. The molecule has 0 radical (unpaired) electrons. The molecule has 2 aromatic rings. The van der Waals surface area contributed by atoms with Gasteiger partial charge in [-0.2, -0.15) is 0 Å². The van der Waals surface area contributed by atoms with Crippen LogP contribution in [0.1, 0.15) is 15.9 Å². The number of anilines is 1. The van der Waals surface area contributed by atoms with E-state index >= 15 is 0 Å². The van der Waals surface area contributed by atoms with Crippen LogP contribution in [0.4, 0.5) is 14.5 Å². The van der Waals surface area contributed by atoms with Crippen molar-refractivity contribution in [3.05, 3.63) is 65.2 Å². The van der Waals surface area contributed by atoms with E-state index in [2.05, 4.69) is 0 Å². The summed E-state index contributed by atoms with van der Waals surface area (Å²) in [4.78, 5) is 13.9. The van der Waals surface area contributed by atoms with E-state index in [1.807, 2.05) is 0 Å². The lowest BCUT2D eigenvalue weighted by Crippen LogP contribution is -2.15. The first kappa shape index (κ1) is 13.2. The van der Waals surface area contributed by atoms with Gasteiger partial charge in [-0.25, -0.2) is 8.78 Å². The van der Waals surface area contributed by atoms with Gasteiger partial charge in [0.15, 0.2) is 17.4 Å². The van der Waals surface area contributed by atoms with Crippen molar-refractivity contribution < 1.29 is 13.6 Å². The number of nitrogens with zero attached hydrogens (tertiary/aromatic N) is 1. The summed E-state index contributed by atoms with van der Waals surface area (Å²) in [7, 11) is 3.35. The van der Waals surface area contributed by atoms with E-state index in [0.29, 0.717) is 11.3 Å². The lowest BCUT2D eigenvalue weighted by Gasteiger charge is -2.17. The van der Waals surface area contributed by atoms with Gasteiger partial charge >= 0.3 is 0 Å². The van der Waals surface area contributed by atoms with Crippen molar-refractivity contribution in [1.29, 1.82) is 0 Å². The minimum Gasteiger partial charge on any atom is -0.377 e. The molecule has 0 aliphatic heterocycles. The van der Waals surface area contributed by atoms with Crippen LogP contribution in [0.2, 0.25) is 0 Å². The van der Waals surface area contributed by atoms with Crippen molar-refractivity contribution in [2.75, 3.05) is 19.0 Å². The molecule has 19 heavy (non-hydrogen) atoms. The number of hydrogen-bond acceptors (Lipinski definition) is 2. The number of carbonyl (C=O) groups is 1. The van der Waals surface area contributed by atoms with E-state index in [1.165, 1.54) is 0 Å². The van der Waals surface area contributed by atoms with Gasteiger partial charge in [0.25, 0.3) is 0 Å². The fourth-order valence-corrected chi connectivity index (χ4v) is 1.83. The molecule has 0 fully saturated rings. The van der Waals surface area contributed by atoms with Crippen LogP contribution in [0, 0.1) is 11.6 Å². The lowest BCUT2D eigenvalue weighted by molar-refractivity contribution is 0.103. The number of benzene rings is 2. The Labute approximate surface area is 110 Å². The Morgan fingerprint density at radius 2 is 1.58 bits per heavy atom. The maximum absolute atomic E-state index is 13.4. The average molecular weight is 261 g/mol. The third-order valence-electron chi connectivity index (χ3n) is 2.80. The van der Waals surface area contributed by atoms with Crippen molar-refractivity contribution in [3.63, 3.8) is 0 Å². The summed E-state index contributed by atoms with van der Waals surface area (Å²) >= 11 is 0. The molecule has 0 spiro atoms. The molecule has 0 aromatic heterocycles. The molecule has 4 heteroatoms. The quantitative estimate of drug-likeness (QED) is 0.790. The van der Waals surface area contributed by atoms with Gasteiger partial charge in [-0.15, -0.1) is 0 Å². The number of carbonyl (C=O) groups excluding carboxylic acids is 1. The molecule has 98 valence electrons. The Balaban J connectivity index is 2.56. The summed E-state index contributed by atoms with van der Waals surface area (Å²) in [5.41, 5.74) is 0.944. The van der Waals surface area contributed by atoms with Crippen LogP contribution in [-0.2, 0) is 0 Å². The Kier molecular flexibility index (Phi) is 3.60. The zero-order chi connectivity index (χ0) is 14.0. The summed E-state index contributed by atoms with van der Waals surface area (Å²) in [5, 5.41) is 0. The van der Waals surface area contributed by atoms with Crippen molar-refractivity contribution in [1.82, 2.24) is 0 Å². The molecule has 0 saturated heterocycles. The van der Waals surface area contributed by atoms with Crippen molar-refractivity contribution >= 4 is 11.5 Å². The summed E-state index contributed by atoms with van der Waals surface area (Å²) in [5.74, 6) is -2.32. The van der Waals surface area contributed by atoms with Crippen LogP contribution in [-0.4, -0.2) is 19.9 Å². The van der Waals surface area contributed by atoms with Crippen LogP contribution < -0.4 is 4.90 Å². The van der Waals surface area contributed by atoms with Gasteiger partial charge < -0.3 is 4.90 Å². The third-order valence-corrected chi connectivity index (χ3v) is 2.80. The first-order chi connectivity index (χ1) is 9.00. The SMILES string of the molecule is CN(C)c1cc(F)c(F)cc1C(=O)c1ccccc1. The molecule has 0 aliphatic carbocycles. The zero-order valence-electron chi connectivity index (χ0n) is 10.7. The second-order valence-electron chi connectivity index (χ2n) is 4.37. The smallest absolute Gasteiger partial charge is 0.195 e. The minimum atomic E-state index is -1.02. The van der Waals surface area contributed by atoms with E-state index in [-0.39, 0.29) is 11.3 Å². The summed E-state index contributed by atoms with van der Waals surface area (Å²) in [6, 6.07) is 10.5. The van der Waals surface area contributed by atoms with E-state index in [9.17, 15) is 13.6 Å². The van der Waals surface area contributed by atoms with Gasteiger partial charge in [0.1, 0.15) is 0 Å². The molecule has 0 saturated carbocycles. The Hall–Kier alpha value is -2.23. The van der Waals surface area contributed by atoms with Gasteiger partial charge in [-0.1, -0.05) is 30.3 Å². The predicted molar refractivity (Wildman–Crippen MR) is 70.6 cm³/mol. The molecule has 0 heterocycles. The number of halogens is 2. The first-order valence-corrected chi connectivity index (χ1v) is 5.77. The van der Waals surface area contributed by atoms with Crippen LogP contribution in [0.5, 0.6) is 0 Å². The molecular weight excluding hydrogens is 248 g/mol. The van der Waals surface area contributed by atoms with Crippen LogP contribution in [0.25, 0.3) is 0 Å². The first-order valence-electron chi connectivity index (χ1n) is 5.77. The predicted octanol–water partition coefficient (Wildman–Crippen LogP) is 3.26. The van der Waals surface area contributed by atoms with Crippen molar-refractivity contribution in [2.24, 2.45) is 0 Å².